The summed E-state index contributed by atoms with van der Waals surface area (Å²) in [6.07, 6.45) is 0.891. The van der Waals surface area contributed by atoms with Crippen LogP contribution in [0, 0.1) is 11.3 Å². The first-order chi connectivity index (χ1) is 5.17. The minimum atomic E-state index is -0.323. The molecule has 0 aromatic rings. The van der Waals surface area contributed by atoms with Crippen molar-refractivity contribution in [3.63, 3.8) is 0 Å². The van der Waals surface area contributed by atoms with Gasteiger partial charge in [0.05, 0.1) is 12.0 Å². The first-order valence-electron chi connectivity index (χ1n) is 4.04. The Hall–Kier alpha value is -0.570. The van der Waals surface area contributed by atoms with E-state index in [-0.39, 0.29) is 11.4 Å². The van der Waals surface area contributed by atoms with Gasteiger partial charge in [-0.05, 0) is 19.3 Å². The number of carbonyl (C=O) groups excluding carboxylic acids is 1. The van der Waals surface area contributed by atoms with E-state index in [2.05, 4.69) is 0 Å². The third-order valence-corrected chi connectivity index (χ3v) is 2.50. The molecule has 0 unspecified atom stereocenters. The number of esters is 1. The third-order valence-electron chi connectivity index (χ3n) is 2.50. The Morgan fingerprint density at radius 2 is 2.36 bits per heavy atom. The summed E-state index contributed by atoms with van der Waals surface area (Å²) >= 11 is 0. The first-order valence-corrected chi connectivity index (χ1v) is 4.04. The predicted molar refractivity (Wildman–Crippen MR) is 41.9 cm³/mol. The molecule has 0 aromatic heterocycles. The zero-order valence-electron chi connectivity index (χ0n) is 7.09. The molecule has 0 bridgehead atoms. The van der Waals surface area contributed by atoms with Crippen LogP contribution < -0.4 is 5.73 Å². The lowest BCUT2D eigenvalue weighted by molar-refractivity contribution is -0.149. The average molecular weight is 157 g/mol. The Morgan fingerprint density at radius 1 is 1.82 bits per heavy atom. The summed E-state index contributed by atoms with van der Waals surface area (Å²) in [4.78, 5) is 11.3. The zero-order chi connectivity index (χ0) is 8.48. The minimum Gasteiger partial charge on any atom is -0.466 e. The van der Waals surface area contributed by atoms with Crippen molar-refractivity contribution in [1.82, 2.24) is 0 Å². The maximum atomic E-state index is 11.3. The molecule has 64 valence electrons. The van der Waals surface area contributed by atoms with Crippen LogP contribution in [0.25, 0.3) is 0 Å². The molecular formula is C8H15NO2. The van der Waals surface area contributed by atoms with Crippen molar-refractivity contribution in [1.29, 1.82) is 0 Å². The van der Waals surface area contributed by atoms with Crippen LogP contribution in [0.5, 0.6) is 0 Å². The first kappa shape index (κ1) is 8.53. The number of nitrogens with two attached hydrogens (primary N) is 1. The molecule has 0 aromatic carbocycles. The molecule has 0 saturated heterocycles. The summed E-state index contributed by atoms with van der Waals surface area (Å²) < 4.78 is 4.91. The Bertz CT molecular complexity index is 165. The van der Waals surface area contributed by atoms with E-state index in [4.69, 9.17) is 10.5 Å². The fourth-order valence-corrected chi connectivity index (χ4v) is 1.41. The Morgan fingerprint density at radius 3 is 2.64 bits per heavy atom. The van der Waals surface area contributed by atoms with Crippen molar-refractivity contribution in [3.05, 3.63) is 0 Å². The molecule has 2 atom stereocenters. The Kier molecular flexibility index (Phi) is 2.18. The van der Waals surface area contributed by atoms with E-state index < -0.39 is 0 Å². The van der Waals surface area contributed by atoms with E-state index in [0.29, 0.717) is 19.1 Å². The van der Waals surface area contributed by atoms with Gasteiger partial charge in [0.15, 0.2) is 0 Å². The molecule has 0 heterocycles. The Labute approximate surface area is 66.9 Å². The molecule has 3 nitrogen and oxygen atoms in total. The van der Waals surface area contributed by atoms with Gasteiger partial charge in [0.1, 0.15) is 0 Å². The van der Waals surface area contributed by atoms with E-state index in [1.54, 1.807) is 0 Å². The van der Waals surface area contributed by atoms with Gasteiger partial charge < -0.3 is 10.5 Å². The maximum Gasteiger partial charge on any atom is 0.313 e. The highest BCUT2D eigenvalue weighted by molar-refractivity contribution is 5.80. The summed E-state index contributed by atoms with van der Waals surface area (Å²) in [5.41, 5.74) is 5.17. The normalized spacial score (nSPS) is 35.0. The topological polar surface area (TPSA) is 52.3 Å². The quantitative estimate of drug-likeness (QED) is 0.608. The number of hydrogen-bond donors (Lipinski definition) is 1. The van der Waals surface area contributed by atoms with Gasteiger partial charge in [-0.25, -0.2) is 0 Å². The molecule has 2 N–H and O–H groups in total. The van der Waals surface area contributed by atoms with Crippen LogP contribution in [0.15, 0.2) is 0 Å². The van der Waals surface area contributed by atoms with Gasteiger partial charge in [-0.15, -0.1) is 0 Å². The highest BCUT2D eigenvalue weighted by atomic mass is 16.5. The van der Waals surface area contributed by atoms with Crippen molar-refractivity contribution in [2.45, 2.75) is 20.3 Å². The molecule has 3 heteroatoms. The highest BCUT2D eigenvalue weighted by Crippen LogP contribution is 2.52. The number of ether oxygens (including phenoxy) is 1. The molecule has 0 radical (unpaired) electrons. The van der Waals surface area contributed by atoms with Crippen molar-refractivity contribution in [3.8, 4) is 0 Å². The third kappa shape index (κ3) is 1.25. The van der Waals surface area contributed by atoms with E-state index in [9.17, 15) is 4.79 Å². The lowest BCUT2D eigenvalue weighted by Crippen LogP contribution is -2.29. The summed E-state index contributed by atoms with van der Waals surface area (Å²) in [7, 11) is 0. The summed E-state index contributed by atoms with van der Waals surface area (Å²) in [5, 5.41) is 0. The lowest BCUT2D eigenvalue weighted by Gasteiger charge is -2.11. The summed E-state index contributed by atoms with van der Waals surface area (Å²) in [6, 6.07) is 0. The molecule has 0 aliphatic heterocycles. The predicted octanol–water partition coefficient (Wildman–Crippen LogP) is 0.534. The van der Waals surface area contributed by atoms with Gasteiger partial charge in [-0.2, -0.15) is 0 Å². The molecular weight excluding hydrogens is 142 g/mol. The SMILES string of the molecule is CCOC(=O)[C@@]1(CN)C[C@@H]1C. The van der Waals surface area contributed by atoms with Crippen molar-refractivity contribution in [2.24, 2.45) is 17.1 Å². The van der Waals surface area contributed by atoms with Crippen LogP contribution in [-0.2, 0) is 9.53 Å². The second-order valence-corrected chi connectivity index (χ2v) is 3.19. The zero-order valence-corrected chi connectivity index (χ0v) is 7.09. The van der Waals surface area contributed by atoms with Crippen LogP contribution in [0.1, 0.15) is 20.3 Å². The van der Waals surface area contributed by atoms with Crippen LogP contribution in [-0.4, -0.2) is 19.1 Å². The minimum absolute atomic E-state index is 0.116. The van der Waals surface area contributed by atoms with Gasteiger partial charge in [-0.1, -0.05) is 6.92 Å². The molecule has 1 aliphatic rings. The van der Waals surface area contributed by atoms with Gasteiger partial charge in [0, 0.05) is 6.54 Å². The van der Waals surface area contributed by atoms with E-state index in [1.165, 1.54) is 0 Å². The van der Waals surface area contributed by atoms with E-state index in [1.807, 2.05) is 13.8 Å². The molecule has 0 spiro atoms. The van der Waals surface area contributed by atoms with E-state index in [0.717, 1.165) is 6.42 Å². The standard InChI is InChI=1S/C8H15NO2/c1-3-11-7(10)8(5-9)4-6(8)2/h6H,3-5,9H2,1-2H3/t6-,8+/m0/s1. The Balaban J connectivity index is 2.51. The van der Waals surface area contributed by atoms with Gasteiger partial charge in [0.25, 0.3) is 0 Å². The highest BCUT2D eigenvalue weighted by Gasteiger charge is 2.57. The smallest absolute Gasteiger partial charge is 0.313 e. The molecule has 1 rings (SSSR count). The average Bonchev–Trinajstić information content (AvgIpc) is 2.63. The molecule has 0 amide bonds. The van der Waals surface area contributed by atoms with Gasteiger partial charge in [-0.3, -0.25) is 4.79 Å². The fourth-order valence-electron chi connectivity index (χ4n) is 1.41. The van der Waals surface area contributed by atoms with Crippen LogP contribution in [0.3, 0.4) is 0 Å². The second kappa shape index (κ2) is 2.81. The monoisotopic (exact) mass is 157 g/mol. The molecule has 1 aliphatic carbocycles. The lowest BCUT2D eigenvalue weighted by atomic mass is 10.1. The van der Waals surface area contributed by atoms with Crippen molar-refractivity contribution < 1.29 is 9.53 Å². The summed E-state index contributed by atoms with van der Waals surface area (Å²) in [5.74, 6) is 0.293. The number of carbonyl (C=O) groups is 1. The van der Waals surface area contributed by atoms with Crippen LogP contribution in [0.2, 0.25) is 0 Å². The van der Waals surface area contributed by atoms with Crippen LogP contribution in [0.4, 0.5) is 0 Å². The largest absolute Gasteiger partial charge is 0.466 e. The number of rotatable bonds is 3. The second-order valence-electron chi connectivity index (χ2n) is 3.19. The summed E-state index contributed by atoms with van der Waals surface area (Å²) in [6.45, 7) is 4.72. The van der Waals surface area contributed by atoms with Gasteiger partial charge in [0.2, 0.25) is 0 Å². The van der Waals surface area contributed by atoms with Crippen molar-refractivity contribution >= 4 is 5.97 Å². The fraction of sp³-hybridized carbons (Fsp3) is 0.875. The van der Waals surface area contributed by atoms with Crippen LogP contribution >= 0.6 is 0 Å². The maximum absolute atomic E-state index is 11.3. The molecule has 1 saturated carbocycles. The van der Waals surface area contributed by atoms with Crippen molar-refractivity contribution in [2.75, 3.05) is 13.2 Å². The van der Waals surface area contributed by atoms with E-state index >= 15 is 0 Å². The molecule has 11 heavy (non-hydrogen) atoms. The molecule has 1 fully saturated rings. The number of hydrogen-bond acceptors (Lipinski definition) is 3. The van der Waals surface area contributed by atoms with Gasteiger partial charge >= 0.3 is 5.97 Å².